The van der Waals surface area contributed by atoms with E-state index in [1.54, 1.807) is 6.92 Å². The van der Waals surface area contributed by atoms with Gasteiger partial charge >= 0.3 is 0 Å². The fraction of sp³-hybridized carbons (Fsp3) is 0.533. The van der Waals surface area contributed by atoms with Gasteiger partial charge in [-0.2, -0.15) is 0 Å². The number of nitrogens with two attached hydrogens (primary N) is 1. The van der Waals surface area contributed by atoms with Gasteiger partial charge in [-0.1, -0.05) is 39.8 Å². The van der Waals surface area contributed by atoms with E-state index in [-0.39, 0.29) is 5.91 Å². The van der Waals surface area contributed by atoms with Crippen molar-refractivity contribution < 1.29 is 4.79 Å². The summed E-state index contributed by atoms with van der Waals surface area (Å²) in [6.07, 6.45) is 0. The van der Waals surface area contributed by atoms with Crippen LogP contribution in [0.4, 0.5) is 5.69 Å². The summed E-state index contributed by atoms with van der Waals surface area (Å²) in [7, 11) is 0. The molecule has 0 saturated heterocycles. The normalized spacial score (nSPS) is 12.9. The van der Waals surface area contributed by atoms with Crippen molar-refractivity contribution in [3.8, 4) is 0 Å². The van der Waals surface area contributed by atoms with Gasteiger partial charge in [0, 0.05) is 5.69 Å². The Morgan fingerprint density at radius 1 is 1.11 bits per heavy atom. The Kier molecular flexibility index (Phi) is 4.91. The van der Waals surface area contributed by atoms with Gasteiger partial charge in [0.1, 0.15) is 0 Å². The van der Waals surface area contributed by atoms with Crippen molar-refractivity contribution >= 4 is 11.6 Å². The molecule has 0 bridgehead atoms. The third kappa shape index (κ3) is 3.57. The van der Waals surface area contributed by atoms with Gasteiger partial charge in [-0.15, -0.1) is 0 Å². The Morgan fingerprint density at radius 2 is 1.72 bits per heavy atom. The van der Waals surface area contributed by atoms with Crippen LogP contribution < -0.4 is 11.1 Å². The number of carbonyl (C=O) groups is 1. The molecule has 1 amide bonds. The number of rotatable bonds is 4. The van der Waals surface area contributed by atoms with Crippen LogP contribution in [0.2, 0.25) is 0 Å². The Bertz CT molecular complexity index is 423. The van der Waals surface area contributed by atoms with Crippen molar-refractivity contribution in [3.63, 3.8) is 0 Å². The number of hydrogen-bond acceptors (Lipinski definition) is 2. The number of benzene rings is 1. The number of nitrogens with one attached hydrogen (secondary N) is 1. The highest BCUT2D eigenvalue weighted by atomic mass is 16.2. The molecule has 0 aromatic heterocycles. The van der Waals surface area contributed by atoms with E-state index in [2.05, 4.69) is 45.1 Å². The van der Waals surface area contributed by atoms with Crippen LogP contribution in [-0.2, 0) is 4.79 Å². The molecule has 0 saturated carbocycles. The summed E-state index contributed by atoms with van der Waals surface area (Å²) in [4.78, 5) is 11.7. The fourth-order valence-corrected chi connectivity index (χ4v) is 1.78. The van der Waals surface area contributed by atoms with Crippen LogP contribution in [-0.4, -0.2) is 11.9 Å². The van der Waals surface area contributed by atoms with Crippen LogP contribution in [0.25, 0.3) is 0 Å². The summed E-state index contributed by atoms with van der Waals surface area (Å²) in [5.74, 6) is 0.710. The van der Waals surface area contributed by atoms with Crippen molar-refractivity contribution in [1.82, 2.24) is 0 Å². The summed E-state index contributed by atoms with van der Waals surface area (Å²) in [6, 6.07) is 5.72. The number of anilines is 1. The predicted octanol–water partition coefficient (Wildman–Crippen LogP) is 3.22. The zero-order valence-corrected chi connectivity index (χ0v) is 11.9. The Balaban J connectivity index is 3.08. The molecule has 0 unspecified atom stereocenters. The second kappa shape index (κ2) is 6.01. The SMILES string of the molecule is CC(C)c1ccc(NC(=O)[C@@H](C)N)c(C(C)C)c1. The molecule has 1 rings (SSSR count). The van der Waals surface area contributed by atoms with E-state index < -0.39 is 6.04 Å². The van der Waals surface area contributed by atoms with Gasteiger partial charge < -0.3 is 11.1 Å². The van der Waals surface area contributed by atoms with Gasteiger partial charge in [-0.25, -0.2) is 0 Å². The number of carbonyl (C=O) groups excluding carboxylic acids is 1. The van der Waals surface area contributed by atoms with Gasteiger partial charge in [-0.05, 0) is 36.0 Å². The lowest BCUT2D eigenvalue weighted by Gasteiger charge is -2.17. The third-order valence-corrected chi connectivity index (χ3v) is 3.04. The molecular formula is C15H24N2O. The van der Waals surface area contributed by atoms with E-state index in [0.717, 1.165) is 11.3 Å². The molecule has 1 atom stereocenters. The quantitative estimate of drug-likeness (QED) is 0.859. The molecule has 0 aliphatic rings. The van der Waals surface area contributed by atoms with Crippen molar-refractivity contribution in [2.45, 2.75) is 52.5 Å². The highest BCUT2D eigenvalue weighted by Gasteiger charge is 2.13. The molecule has 3 heteroatoms. The van der Waals surface area contributed by atoms with Crippen molar-refractivity contribution in [1.29, 1.82) is 0 Å². The molecule has 3 nitrogen and oxygen atoms in total. The summed E-state index contributed by atoms with van der Waals surface area (Å²) >= 11 is 0. The van der Waals surface area contributed by atoms with Crippen LogP contribution in [0.5, 0.6) is 0 Å². The topological polar surface area (TPSA) is 55.1 Å². The van der Waals surface area contributed by atoms with E-state index in [9.17, 15) is 4.79 Å². The zero-order chi connectivity index (χ0) is 13.9. The Labute approximate surface area is 110 Å². The highest BCUT2D eigenvalue weighted by molar-refractivity contribution is 5.95. The van der Waals surface area contributed by atoms with Crippen LogP contribution >= 0.6 is 0 Å². The molecule has 0 aliphatic heterocycles. The van der Waals surface area contributed by atoms with Gasteiger partial charge in [0.25, 0.3) is 0 Å². The maximum Gasteiger partial charge on any atom is 0.241 e. The first-order valence-corrected chi connectivity index (χ1v) is 6.53. The minimum absolute atomic E-state index is 0.144. The molecule has 100 valence electrons. The van der Waals surface area contributed by atoms with Gasteiger partial charge in [0.15, 0.2) is 0 Å². The highest BCUT2D eigenvalue weighted by Crippen LogP contribution is 2.28. The zero-order valence-electron chi connectivity index (χ0n) is 11.9. The van der Waals surface area contributed by atoms with Gasteiger partial charge in [0.05, 0.1) is 6.04 Å². The largest absolute Gasteiger partial charge is 0.324 e. The molecule has 3 N–H and O–H groups in total. The molecule has 0 fully saturated rings. The summed E-state index contributed by atoms with van der Waals surface area (Å²) in [6.45, 7) is 10.3. The molecule has 1 aromatic rings. The number of hydrogen-bond donors (Lipinski definition) is 2. The van der Waals surface area contributed by atoms with Gasteiger partial charge in [-0.3, -0.25) is 4.79 Å². The second-order valence-electron chi connectivity index (χ2n) is 5.43. The van der Waals surface area contributed by atoms with E-state index >= 15 is 0 Å². The smallest absolute Gasteiger partial charge is 0.241 e. The Morgan fingerprint density at radius 3 is 2.17 bits per heavy atom. The monoisotopic (exact) mass is 248 g/mol. The molecule has 0 heterocycles. The van der Waals surface area contributed by atoms with Crippen molar-refractivity contribution in [2.24, 2.45) is 5.73 Å². The van der Waals surface area contributed by atoms with Crippen LogP contribution in [0.1, 0.15) is 57.6 Å². The maximum absolute atomic E-state index is 11.7. The van der Waals surface area contributed by atoms with Crippen LogP contribution in [0, 0.1) is 0 Å². The molecule has 1 aromatic carbocycles. The standard InChI is InChI=1S/C15H24N2O/c1-9(2)12-6-7-14(13(8-12)10(3)4)17-15(18)11(5)16/h6-11H,16H2,1-5H3,(H,17,18)/t11-/m1/s1. The number of amides is 1. The Hall–Kier alpha value is -1.35. The molecule has 0 aliphatic carbocycles. The lowest BCUT2D eigenvalue weighted by Crippen LogP contribution is -2.32. The predicted molar refractivity (Wildman–Crippen MR) is 76.9 cm³/mol. The van der Waals surface area contributed by atoms with Crippen LogP contribution in [0.15, 0.2) is 18.2 Å². The second-order valence-corrected chi connectivity index (χ2v) is 5.43. The molecule has 0 spiro atoms. The van der Waals surface area contributed by atoms with Crippen molar-refractivity contribution in [3.05, 3.63) is 29.3 Å². The van der Waals surface area contributed by atoms with Crippen molar-refractivity contribution in [2.75, 3.05) is 5.32 Å². The van der Waals surface area contributed by atoms with Crippen LogP contribution in [0.3, 0.4) is 0 Å². The molecular weight excluding hydrogens is 224 g/mol. The minimum atomic E-state index is -0.491. The van der Waals surface area contributed by atoms with E-state index in [1.807, 2.05) is 6.07 Å². The first kappa shape index (κ1) is 14.7. The maximum atomic E-state index is 11.7. The fourth-order valence-electron chi connectivity index (χ4n) is 1.78. The van der Waals surface area contributed by atoms with E-state index in [4.69, 9.17) is 5.73 Å². The molecule has 0 radical (unpaired) electrons. The summed E-state index contributed by atoms with van der Waals surface area (Å²) in [5.41, 5.74) is 8.90. The lowest BCUT2D eigenvalue weighted by molar-refractivity contribution is -0.117. The first-order valence-electron chi connectivity index (χ1n) is 6.53. The third-order valence-electron chi connectivity index (χ3n) is 3.04. The minimum Gasteiger partial charge on any atom is -0.324 e. The van der Waals surface area contributed by atoms with Gasteiger partial charge in [0.2, 0.25) is 5.91 Å². The molecule has 18 heavy (non-hydrogen) atoms. The summed E-state index contributed by atoms with van der Waals surface area (Å²) in [5, 5.41) is 2.89. The van der Waals surface area contributed by atoms with E-state index in [1.165, 1.54) is 5.56 Å². The first-order chi connectivity index (χ1) is 8.32. The average Bonchev–Trinajstić information content (AvgIpc) is 2.28. The lowest BCUT2D eigenvalue weighted by atomic mass is 9.94. The summed E-state index contributed by atoms with van der Waals surface area (Å²) < 4.78 is 0. The van der Waals surface area contributed by atoms with E-state index in [0.29, 0.717) is 11.8 Å². The average molecular weight is 248 g/mol.